The van der Waals surface area contributed by atoms with Gasteiger partial charge in [-0.2, -0.15) is 0 Å². The Hall–Kier alpha value is -2.21. The van der Waals surface area contributed by atoms with Crippen molar-refractivity contribution in [3.63, 3.8) is 0 Å². The highest BCUT2D eigenvalue weighted by Gasteiger charge is 2.22. The van der Waals surface area contributed by atoms with E-state index in [4.69, 9.17) is 0 Å². The summed E-state index contributed by atoms with van der Waals surface area (Å²) >= 11 is 1.40. The van der Waals surface area contributed by atoms with Gasteiger partial charge in [-0.3, -0.25) is 9.59 Å². The lowest BCUT2D eigenvalue weighted by atomic mass is 10.0. The van der Waals surface area contributed by atoms with Crippen molar-refractivity contribution in [1.82, 2.24) is 9.88 Å². The molecular weight excluding hydrogens is 382 g/mol. The van der Waals surface area contributed by atoms with Crippen LogP contribution in [-0.2, 0) is 9.59 Å². The van der Waals surface area contributed by atoms with Crippen molar-refractivity contribution in [3.05, 3.63) is 35.7 Å². The zero-order valence-electron chi connectivity index (χ0n) is 17.4. The van der Waals surface area contributed by atoms with E-state index in [-0.39, 0.29) is 18.4 Å². The van der Waals surface area contributed by atoms with Crippen molar-refractivity contribution in [2.75, 3.05) is 18.4 Å². The van der Waals surface area contributed by atoms with Gasteiger partial charge < -0.3 is 10.2 Å². The number of carbonyl (C=O) groups is 2. The summed E-state index contributed by atoms with van der Waals surface area (Å²) in [6, 6.07) is 9.88. The molecule has 1 saturated carbocycles. The fourth-order valence-corrected chi connectivity index (χ4v) is 4.62. The number of aromatic nitrogens is 1. The predicted octanol–water partition coefficient (Wildman–Crippen LogP) is 5.20. The number of carbonyl (C=O) groups excluding carboxylic acids is 2. The van der Waals surface area contributed by atoms with Crippen LogP contribution in [0.4, 0.5) is 5.13 Å². The molecule has 5 nitrogen and oxygen atoms in total. The number of nitrogens with zero attached hydrogens (tertiary/aromatic N) is 2. The maximum Gasteiger partial charge on any atom is 0.245 e. The van der Waals surface area contributed by atoms with Gasteiger partial charge in [0.25, 0.3) is 0 Å². The summed E-state index contributed by atoms with van der Waals surface area (Å²) < 4.78 is 0. The molecule has 0 spiro atoms. The molecule has 3 rings (SSSR count). The second-order valence-corrected chi connectivity index (χ2v) is 9.17. The van der Waals surface area contributed by atoms with Crippen LogP contribution in [0.2, 0.25) is 0 Å². The van der Waals surface area contributed by atoms with E-state index in [1.807, 2.05) is 35.7 Å². The Morgan fingerprint density at radius 3 is 2.62 bits per heavy atom. The third-order valence-electron chi connectivity index (χ3n) is 5.33. The molecule has 1 aliphatic carbocycles. The quantitative estimate of drug-likeness (QED) is 0.614. The number of amides is 2. The second kappa shape index (κ2) is 10.5. The van der Waals surface area contributed by atoms with Gasteiger partial charge >= 0.3 is 0 Å². The molecule has 1 aliphatic rings. The Morgan fingerprint density at radius 2 is 1.93 bits per heavy atom. The minimum Gasteiger partial charge on any atom is -0.333 e. The lowest BCUT2D eigenvalue weighted by molar-refractivity contribution is -0.135. The van der Waals surface area contributed by atoms with Gasteiger partial charge in [0.05, 0.1) is 12.2 Å². The number of rotatable bonds is 9. The van der Waals surface area contributed by atoms with Crippen LogP contribution in [0.15, 0.2) is 35.7 Å². The molecular formula is C23H31N3O2S. The number of hydrogen-bond donors (Lipinski definition) is 1. The Balaban J connectivity index is 1.55. The molecule has 0 bridgehead atoms. The summed E-state index contributed by atoms with van der Waals surface area (Å²) in [4.78, 5) is 31.5. The van der Waals surface area contributed by atoms with E-state index in [0.29, 0.717) is 29.9 Å². The summed E-state index contributed by atoms with van der Waals surface area (Å²) in [5, 5.41) is 5.36. The lowest BCUT2D eigenvalue weighted by Crippen LogP contribution is -2.40. The molecule has 1 aromatic heterocycles. The minimum atomic E-state index is -0.186. The van der Waals surface area contributed by atoms with Gasteiger partial charge in [0.1, 0.15) is 0 Å². The predicted molar refractivity (Wildman–Crippen MR) is 119 cm³/mol. The topological polar surface area (TPSA) is 62.3 Å². The van der Waals surface area contributed by atoms with E-state index >= 15 is 0 Å². The van der Waals surface area contributed by atoms with Crippen molar-refractivity contribution < 1.29 is 9.59 Å². The molecule has 2 amide bonds. The smallest absolute Gasteiger partial charge is 0.245 e. The van der Waals surface area contributed by atoms with Crippen LogP contribution in [0, 0.1) is 11.8 Å². The molecule has 6 heteroatoms. The number of benzene rings is 1. The summed E-state index contributed by atoms with van der Waals surface area (Å²) in [7, 11) is 0. The Bertz CT molecular complexity index is 797. The number of nitrogens with one attached hydrogen (secondary N) is 1. The molecule has 1 heterocycles. The highest BCUT2D eigenvalue weighted by atomic mass is 32.1. The first-order valence-electron chi connectivity index (χ1n) is 10.6. The van der Waals surface area contributed by atoms with E-state index < -0.39 is 0 Å². The second-order valence-electron chi connectivity index (χ2n) is 8.31. The molecule has 156 valence electrons. The highest BCUT2D eigenvalue weighted by molar-refractivity contribution is 7.14. The molecule has 1 fully saturated rings. The van der Waals surface area contributed by atoms with E-state index in [9.17, 15) is 9.59 Å². The Kier molecular flexibility index (Phi) is 7.81. The normalized spacial score (nSPS) is 14.3. The monoisotopic (exact) mass is 413 g/mol. The summed E-state index contributed by atoms with van der Waals surface area (Å²) in [5.74, 6) is 0.905. The van der Waals surface area contributed by atoms with Crippen LogP contribution in [0.1, 0.15) is 52.4 Å². The van der Waals surface area contributed by atoms with Gasteiger partial charge in [-0.05, 0) is 18.3 Å². The molecule has 0 unspecified atom stereocenters. The fraction of sp³-hybridized carbons (Fsp3) is 0.522. The first-order chi connectivity index (χ1) is 14.0. The number of thiazole rings is 1. The number of hydrogen-bond acceptors (Lipinski definition) is 4. The van der Waals surface area contributed by atoms with Crippen LogP contribution >= 0.6 is 11.3 Å². The van der Waals surface area contributed by atoms with Crippen molar-refractivity contribution in [1.29, 1.82) is 0 Å². The third-order valence-corrected chi connectivity index (χ3v) is 6.09. The maximum absolute atomic E-state index is 12.7. The Morgan fingerprint density at radius 1 is 1.21 bits per heavy atom. The molecule has 0 saturated heterocycles. The van der Waals surface area contributed by atoms with Crippen molar-refractivity contribution in [2.24, 2.45) is 11.8 Å². The molecule has 1 aromatic carbocycles. The standard InChI is InChI=1S/C23H31N3O2S/c1-17(2)14-26(22(28)13-12-18-8-6-7-9-18)15-21(27)25-23-24-20(16-29-23)19-10-4-3-5-11-19/h3-5,10-11,16-18H,6-9,12-15H2,1-2H3,(H,24,25,27). The van der Waals surface area contributed by atoms with Crippen molar-refractivity contribution in [2.45, 2.75) is 52.4 Å². The number of anilines is 1. The van der Waals surface area contributed by atoms with Crippen LogP contribution in [0.5, 0.6) is 0 Å². The van der Waals surface area contributed by atoms with E-state index in [1.165, 1.54) is 37.0 Å². The molecule has 29 heavy (non-hydrogen) atoms. The van der Waals surface area contributed by atoms with Crippen LogP contribution in [0.3, 0.4) is 0 Å². The Labute approximate surface area is 177 Å². The fourth-order valence-electron chi connectivity index (χ4n) is 3.88. The van der Waals surface area contributed by atoms with Gasteiger partial charge in [0.2, 0.25) is 11.8 Å². The first-order valence-corrected chi connectivity index (χ1v) is 11.5. The average Bonchev–Trinajstić information content (AvgIpc) is 3.38. The van der Waals surface area contributed by atoms with Crippen LogP contribution in [-0.4, -0.2) is 34.8 Å². The summed E-state index contributed by atoms with van der Waals surface area (Å²) in [6.07, 6.45) is 6.55. The van der Waals surface area contributed by atoms with E-state index in [1.54, 1.807) is 4.90 Å². The zero-order chi connectivity index (χ0) is 20.6. The summed E-state index contributed by atoms with van der Waals surface area (Å²) in [5.41, 5.74) is 1.87. The SMILES string of the molecule is CC(C)CN(CC(=O)Nc1nc(-c2ccccc2)cs1)C(=O)CCC1CCCC1. The van der Waals surface area contributed by atoms with Gasteiger partial charge in [0, 0.05) is 23.9 Å². The van der Waals surface area contributed by atoms with Crippen LogP contribution in [0.25, 0.3) is 11.3 Å². The molecule has 0 aliphatic heterocycles. The van der Waals surface area contributed by atoms with Crippen molar-refractivity contribution in [3.8, 4) is 11.3 Å². The highest BCUT2D eigenvalue weighted by Crippen LogP contribution is 2.29. The largest absolute Gasteiger partial charge is 0.333 e. The van der Waals surface area contributed by atoms with Gasteiger partial charge in [-0.15, -0.1) is 11.3 Å². The van der Waals surface area contributed by atoms with E-state index in [0.717, 1.165) is 17.7 Å². The first kappa shape index (κ1) is 21.5. The summed E-state index contributed by atoms with van der Waals surface area (Å²) in [6.45, 7) is 4.83. The molecule has 0 radical (unpaired) electrons. The van der Waals surface area contributed by atoms with Crippen molar-refractivity contribution >= 4 is 28.3 Å². The van der Waals surface area contributed by atoms with Gasteiger partial charge in [0.15, 0.2) is 5.13 Å². The lowest BCUT2D eigenvalue weighted by Gasteiger charge is -2.24. The molecule has 0 atom stereocenters. The zero-order valence-corrected chi connectivity index (χ0v) is 18.2. The van der Waals surface area contributed by atoms with E-state index in [2.05, 4.69) is 24.1 Å². The van der Waals surface area contributed by atoms with Gasteiger partial charge in [-0.1, -0.05) is 69.9 Å². The van der Waals surface area contributed by atoms with Gasteiger partial charge in [-0.25, -0.2) is 4.98 Å². The third kappa shape index (κ3) is 6.67. The average molecular weight is 414 g/mol. The molecule has 2 aromatic rings. The minimum absolute atomic E-state index is 0.0852. The molecule has 1 N–H and O–H groups in total. The van der Waals surface area contributed by atoms with Crippen LogP contribution < -0.4 is 5.32 Å². The maximum atomic E-state index is 12.7.